The average molecular weight is 263 g/mol. The van der Waals surface area contributed by atoms with E-state index in [0.717, 1.165) is 32.8 Å². The topological polar surface area (TPSA) is 30.5 Å². The van der Waals surface area contributed by atoms with Crippen LogP contribution in [-0.4, -0.2) is 38.5 Å². The van der Waals surface area contributed by atoms with E-state index in [1.54, 1.807) is 0 Å². The van der Waals surface area contributed by atoms with Gasteiger partial charge in [-0.05, 0) is 24.8 Å². The van der Waals surface area contributed by atoms with Gasteiger partial charge in [-0.25, -0.2) is 0 Å². The molecule has 3 heteroatoms. The van der Waals surface area contributed by atoms with Crippen LogP contribution in [0.3, 0.4) is 0 Å². The molecule has 3 nitrogen and oxygen atoms in total. The summed E-state index contributed by atoms with van der Waals surface area (Å²) < 4.78 is 11.1. The molecule has 1 fully saturated rings. The third-order valence-corrected chi connectivity index (χ3v) is 3.61. The molecule has 1 aliphatic rings. The molecule has 19 heavy (non-hydrogen) atoms. The van der Waals surface area contributed by atoms with E-state index < -0.39 is 0 Å². The van der Waals surface area contributed by atoms with E-state index in [1.807, 2.05) is 0 Å². The van der Waals surface area contributed by atoms with E-state index in [1.165, 1.54) is 5.56 Å². The van der Waals surface area contributed by atoms with Crippen molar-refractivity contribution in [3.8, 4) is 0 Å². The largest absolute Gasteiger partial charge is 0.379 e. The highest BCUT2D eigenvalue weighted by Gasteiger charge is 2.17. The Morgan fingerprint density at radius 1 is 1.32 bits per heavy atom. The van der Waals surface area contributed by atoms with E-state index in [9.17, 15) is 0 Å². The summed E-state index contributed by atoms with van der Waals surface area (Å²) in [5.74, 6) is 0.526. The molecule has 1 N–H and O–H groups in total. The van der Waals surface area contributed by atoms with Gasteiger partial charge in [-0.1, -0.05) is 37.3 Å². The van der Waals surface area contributed by atoms with Gasteiger partial charge >= 0.3 is 0 Å². The minimum Gasteiger partial charge on any atom is -0.379 e. The molecule has 1 aliphatic heterocycles. The van der Waals surface area contributed by atoms with Gasteiger partial charge in [0.2, 0.25) is 0 Å². The van der Waals surface area contributed by atoms with Gasteiger partial charge in [0.1, 0.15) is 0 Å². The van der Waals surface area contributed by atoms with Crippen molar-refractivity contribution in [1.29, 1.82) is 0 Å². The fraction of sp³-hybridized carbons (Fsp3) is 0.625. The van der Waals surface area contributed by atoms with E-state index in [4.69, 9.17) is 9.47 Å². The van der Waals surface area contributed by atoms with E-state index in [-0.39, 0.29) is 0 Å². The average Bonchev–Trinajstić information content (AvgIpc) is 2.96. The van der Waals surface area contributed by atoms with Crippen LogP contribution in [-0.2, 0) is 9.47 Å². The summed E-state index contributed by atoms with van der Waals surface area (Å²) in [6.07, 6.45) is 1.34. The van der Waals surface area contributed by atoms with Crippen LogP contribution in [0.5, 0.6) is 0 Å². The molecule has 1 saturated heterocycles. The summed E-state index contributed by atoms with van der Waals surface area (Å²) in [5, 5.41) is 3.54. The lowest BCUT2D eigenvalue weighted by Gasteiger charge is -2.19. The minimum absolute atomic E-state index is 0.302. The highest BCUT2D eigenvalue weighted by Crippen LogP contribution is 2.13. The lowest BCUT2D eigenvalue weighted by atomic mass is 10.0. The van der Waals surface area contributed by atoms with Gasteiger partial charge in [0.25, 0.3) is 0 Å². The van der Waals surface area contributed by atoms with Crippen molar-refractivity contribution >= 4 is 0 Å². The predicted molar refractivity (Wildman–Crippen MR) is 77.5 cm³/mol. The van der Waals surface area contributed by atoms with Crippen molar-refractivity contribution in [2.75, 3.05) is 26.4 Å². The molecule has 0 bridgehead atoms. The van der Waals surface area contributed by atoms with Crippen LogP contribution >= 0.6 is 0 Å². The summed E-state index contributed by atoms with van der Waals surface area (Å²) in [4.78, 5) is 0. The van der Waals surface area contributed by atoms with Gasteiger partial charge in [-0.15, -0.1) is 0 Å². The smallest absolute Gasteiger partial charge is 0.0831 e. The summed E-state index contributed by atoms with van der Waals surface area (Å²) in [5.41, 5.74) is 1.38. The van der Waals surface area contributed by atoms with Gasteiger partial charge in [-0.2, -0.15) is 0 Å². The van der Waals surface area contributed by atoms with Crippen LogP contribution in [0.2, 0.25) is 0 Å². The minimum atomic E-state index is 0.302. The van der Waals surface area contributed by atoms with E-state index in [0.29, 0.717) is 18.1 Å². The van der Waals surface area contributed by atoms with Crippen LogP contribution in [0.15, 0.2) is 30.3 Å². The fourth-order valence-electron chi connectivity index (χ4n) is 2.26. The maximum Gasteiger partial charge on any atom is 0.0831 e. The Bertz CT molecular complexity index is 349. The third kappa shape index (κ3) is 4.94. The number of hydrogen-bond donors (Lipinski definition) is 1. The normalized spacial score (nSPS) is 22.3. The van der Waals surface area contributed by atoms with Crippen molar-refractivity contribution in [2.45, 2.75) is 38.3 Å². The number of rotatable bonds is 7. The van der Waals surface area contributed by atoms with Crippen molar-refractivity contribution in [2.24, 2.45) is 0 Å². The van der Waals surface area contributed by atoms with Crippen LogP contribution < -0.4 is 5.32 Å². The second-order valence-electron chi connectivity index (χ2n) is 5.44. The first-order chi connectivity index (χ1) is 9.25. The van der Waals surface area contributed by atoms with Crippen LogP contribution in [0.1, 0.15) is 31.7 Å². The molecule has 1 aromatic carbocycles. The fourth-order valence-corrected chi connectivity index (χ4v) is 2.26. The lowest BCUT2D eigenvalue weighted by molar-refractivity contribution is 0.0323. The standard InChI is InChI=1S/C16H25NO2/c1-13(15-6-4-3-5-7-15)10-17-14(2)11-19-16-8-9-18-12-16/h3-7,13-14,16-17H,8-12H2,1-2H3/t13-,14-,16+/m1/s1. The Morgan fingerprint density at radius 3 is 2.79 bits per heavy atom. The molecule has 1 aromatic rings. The maximum absolute atomic E-state index is 5.82. The molecule has 0 unspecified atom stereocenters. The monoisotopic (exact) mass is 263 g/mol. The SMILES string of the molecule is C[C@H](CO[C@H]1CCOC1)NC[C@@H](C)c1ccccc1. The van der Waals surface area contributed by atoms with Crippen molar-refractivity contribution < 1.29 is 9.47 Å². The molecule has 0 aromatic heterocycles. The molecule has 0 radical (unpaired) electrons. The molecule has 0 aliphatic carbocycles. The molecule has 2 rings (SSSR count). The Labute approximate surface area is 116 Å². The van der Waals surface area contributed by atoms with Gasteiger partial charge in [0.05, 0.1) is 19.3 Å². The highest BCUT2D eigenvalue weighted by atomic mass is 16.5. The Balaban J connectivity index is 1.64. The van der Waals surface area contributed by atoms with E-state index in [2.05, 4.69) is 49.5 Å². The molecule has 0 amide bonds. The number of hydrogen-bond acceptors (Lipinski definition) is 3. The van der Waals surface area contributed by atoms with Crippen LogP contribution in [0, 0.1) is 0 Å². The maximum atomic E-state index is 5.82. The molecular formula is C16H25NO2. The number of ether oxygens (including phenoxy) is 2. The molecule has 0 spiro atoms. The number of nitrogens with one attached hydrogen (secondary N) is 1. The summed E-state index contributed by atoms with van der Waals surface area (Å²) >= 11 is 0. The van der Waals surface area contributed by atoms with Gasteiger partial charge in [0.15, 0.2) is 0 Å². The first kappa shape index (κ1) is 14.5. The van der Waals surface area contributed by atoms with Crippen LogP contribution in [0.25, 0.3) is 0 Å². The summed E-state index contributed by atoms with van der Waals surface area (Å²) in [7, 11) is 0. The second kappa shape index (κ2) is 7.63. The second-order valence-corrected chi connectivity index (χ2v) is 5.44. The molecule has 106 valence electrons. The Kier molecular flexibility index (Phi) is 5.83. The summed E-state index contributed by atoms with van der Waals surface area (Å²) in [6.45, 7) is 7.77. The Hall–Kier alpha value is -0.900. The number of benzene rings is 1. The van der Waals surface area contributed by atoms with E-state index >= 15 is 0 Å². The lowest BCUT2D eigenvalue weighted by Crippen LogP contribution is -2.34. The van der Waals surface area contributed by atoms with Crippen molar-refractivity contribution in [3.63, 3.8) is 0 Å². The van der Waals surface area contributed by atoms with Gasteiger partial charge in [0, 0.05) is 19.2 Å². The van der Waals surface area contributed by atoms with Crippen molar-refractivity contribution in [1.82, 2.24) is 5.32 Å². The zero-order valence-corrected chi connectivity index (χ0v) is 12.0. The van der Waals surface area contributed by atoms with Crippen molar-refractivity contribution in [3.05, 3.63) is 35.9 Å². The predicted octanol–water partition coefficient (Wildman–Crippen LogP) is 2.57. The van der Waals surface area contributed by atoms with Gasteiger partial charge in [-0.3, -0.25) is 0 Å². The van der Waals surface area contributed by atoms with Crippen LogP contribution in [0.4, 0.5) is 0 Å². The zero-order chi connectivity index (χ0) is 13.5. The molecular weight excluding hydrogens is 238 g/mol. The third-order valence-electron chi connectivity index (χ3n) is 3.61. The molecule has 3 atom stereocenters. The zero-order valence-electron chi connectivity index (χ0n) is 12.0. The van der Waals surface area contributed by atoms with Gasteiger partial charge < -0.3 is 14.8 Å². The quantitative estimate of drug-likeness (QED) is 0.820. The summed E-state index contributed by atoms with van der Waals surface area (Å²) in [6, 6.07) is 11.0. The highest BCUT2D eigenvalue weighted by molar-refractivity contribution is 5.18. The first-order valence-corrected chi connectivity index (χ1v) is 7.23. The molecule has 0 saturated carbocycles. The molecule has 1 heterocycles. The Morgan fingerprint density at radius 2 is 2.11 bits per heavy atom. The first-order valence-electron chi connectivity index (χ1n) is 7.23.